The van der Waals surface area contributed by atoms with Crippen molar-refractivity contribution in [3.63, 3.8) is 0 Å². The van der Waals surface area contributed by atoms with E-state index in [9.17, 15) is 4.39 Å². The molecule has 1 N–H and O–H groups in total. The quantitative estimate of drug-likeness (QED) is 0.885. The number of halogens is 2. The first-order valence-corrected chi connectivity index (χ1v) is 7.16. The summed E-state index contributed by atoms with van der Waals surface area (Å²) in [6, 6.07) is 7.03. The first kappa shape index (κ1) is 12.7. The molecule has 1 heterocycles. The lowest BCUT2D eigenvalue weighted by molar-refractivity contribution is 0.611. The third-order valence-electron chi connectivity index (χ3n) is 2.56. The van der Waals surface area contributed by atoms with Crippen LogP contribution in [0, 0.1) is 5.82 Å². The molecule has 0 saturated heterocycles. The van der Waals surface area contributed by atoms with Gasteiger partial charge in [-0.05, 0) is 46.6 Å². The van der Waals surface area contributed by atoms with E-state index >= 15 is 0 Å². The van der Waals surface area contributed by atoms with E-state index in [4.69, 9.17) is 0 Å². The minimum atomic E-state index is -0.221. The van der Waals surface area contributed by atoms with Crippen molar-refractivity contribution in [3.05, 3.63) is 56.4 Å². The molecule has 0 amide bonds. The summed E-state index contributed by atoms with van der Waals surface area (Å²) in [4.78, 5) is 0. The molecule has 0 spiro atoms. The second-order valence-electron chi connectivity index (χ2n) is 3.71. The van der Waals surface area contributed by atoms with Gasteiger partial charge in [0.05, 0.1) is 6.04 Å². The molecule has 90 valence electrons. The SMILES string of the molecule is CCNC(c1ccsc1)c1ccc(F)cc1Br. The lowest BCUT2D eigenvalue weighted by Crippen LogP contribution is -2.21. The molecule has 1 nitrogen and oxygen atoms in total. The van der Waals surface area contributed by atoms with Gasteiger partial charge in [-0.15, -0.1) is 0 Å². The zero-order chi connectivity index (χ0) is 12.3. The Kier molecular flexibility index (Phi) is 4.31. The average Bonchev–Trinajstić information content (AvgIpc) is 2.80. The van der Waals surface area contributed by atoms with Gasteiger partial charge in [-0.25, -0.2) is 4.39 Å². The molecule has 2 aromatic rings. The first-order chi connectivity index (χ1) is 8.22. The second-order valence-corrected chi connectivity index (χ2v) is 5.35. The molecule has 1 aromatic heterocycles. The molecule has 17 heavy (non-hydrogen) atoms. The fourth-order valence-electron chi connectivity index (χ4n) is 1.79. The lowest BCUT2D eigenvalue weighted by atomic mass is 10.0. The highest BCUT2D eigenvalue weighted by molar-refractivity contribution is 9.10. The van der Waals surface area contributed by atoms with Crippen molar-refractivity contribution in [1.82, 2.24) is 5.32 Å². The van der Waals surface area contributed by atoms with Crippen LogP contribution in [0.1, 0.15) is 24.1 Å². The van der Waals surface area contributed by atoms with E-state index in [0.29, 0.717) is 0 Å². The summed E-state index contributed by atoms with van der Waals surface area (Å²) in [5, 5.41) is 7.58. The van der Waals surface area contributed by atoms with Gasteiger partial charge in [-0.3, -0.25) is 0 Å². The Morgan fingerprint density at radius 1 is 1.41 bits per heavy atom. The van der Waals surface area contributed by atoms with Gasteiger partial charge in [-0.2, -0.15) is 11.3 Å². The number of rotatable bonds is 4. The van der Waals surface area contributed by atoms with E-state index in [1.165, 1.54) is 17.7 Å². The predicted octanol–water partition coefficient (Wildman–Crippen LogP) is 4.35. The molecule has 0 fully saturated rings. The molecule has 1 aromatic carbocycles. The second kappa shape index (κ2) is 5.76. The summed E-state index contributed by atoms with van der Waals surface area (Å²) < 4.78 is 13.9. The number of benzene rings is 1. The van der Waals surface area contributed by atoms with Crippen LogP contribution >= 0.6 is 27.3 Å². The molecule has 1 unspecified atom stereocenters. The molecule has 2 rings (SSSR count). The molecule has 0 bridgehead atoms. The van der Waals surface area contributed by atoms with Gasteiger partial charge in [-0.1, -0.05) is 28.9 Å². The normalized spacial score (nSPS) is 12.6. The third kappa shape index (κ3) is 2.94. The summed E-state index contributed by atoms with van der Waals surface area (Å²) in [7, 11) is 0. The maximum Gasteiger partial charge on any atom is 0.124 e. The Morgan fingerprint density at radius 3 is 2.82 bits per heavy atom. The van der Waals surface area contributed by atoms with Crippen LogP contribution in [-0.2, 0) is 0 Å². The zero-order valence-corrected chi connectivity index (χ0v) is 11.8. The van der Waals surface area contributed by atoms with Gasteiger partial charge in [0, 0.05) is 4.47 Å². The van der Waals surface area contributed by atoms with Crippen molar-refractivity contribution < 1.29 is 4.39 Å². The van der Waals surface area contributed by atoms with E-state index < -0.39 is 0 Å². The van der Waals surface area contributed by atoms with Gasteiger partial charge in [0.1, 0.15) is 5.82 Å². The van der Waals surface area contributed by atoms with Crippen LogP contribution in [0.2, 0.25) is 0 Å². The van der Waals surface area contributed by atoms with Crippen LogP contribution in [0.4, 0.5) is 4.39 Å². The van der Waals surface area contributed by atoms with Crippen molar-refractivity contribution >= 4 is 27.3 Å². The molecule has 0 aliphatic rings. The standard InChI is InChI=1S/C13H13BrFNS/c1-2-16-13(9-5-6-17-8-9)11-4-3-10(15)7-12(11)14/h3-8,13,16H,2H2,1H3. The largest absolute Gasteiger partial charge is 0.306 e. The topological polar surface area (TPSA) is 12.0 Å². The van der Waals surface area contributed by atoms with Crippen molar-refractivity contribution in [2.24, 2.45) is 0 Å². The van der Waals surface area contributed by atoms with Crippen molar-refractivity contribution in [3.8, 4) is 0 Å². The average molecular weight is 314 g/mol. The number of nitrogens with one attached hydrogen (secondary N) is 1. The minimum Gasteiger partial charge on any atom is -0.306 e. The molecule has 0 saturated carbocycles. The van der Waals surface area contributed by atoms with E-state index in [0.717, 1.165) is 16.6 Å². The summed E-state index contributed by atoms with van der Waals surface area (Å²) in [6.45, 7) is 2.93. The molecule has 0 aliphatic carbocycles. The number of hydrogen-bond donors (Lipinski definition) is 1. The molecule has 1 atom stereocenters. The number of thiophene rings is 1. The van der Waals surface area contributed by atoms with Crippen molar-refractivity contribution in [1.29, 1.82) is 0 Å². The Morgan fingerprint density at radius 2 is 2.24 bits per heavy atom. The Balaban J connectivity index is 2.39. The van der Waals surface area contributed by atoms with Crippen LogP contribution < -0.4 is 5.32 Å². The van der Waals surface area contributed by atoms with Crippen molar-refractivity contribution in [2.75, 3.05) is 6.54 Å². The molecular formula is C13H13BrFNS. The highest BCUT2D eigenvalue weighted by atomic mass is 79.9. The Bertz CT molecular complexity index is 484. The van der Waals surface area contributed by atoms with Crippen LogP contribution in [0.25, 0.3) is 0 Å². The number of hydrogen-bond acceptors (Lipinski definition) is 2. The third-order valence-corrected chi connectivity index (χ3v) is 3.95. The summed E-state index contributed by atoms with van der Waals surface area (Å²) >= 11 is 5.09. The fraction of sp³-hybridized carbons (Fsp3) is 0.231. The molecular weight excluding hydrogens is 301 g/mol. The maximum absolute atomic E-state index is 13.1. The van der Waals surface area contributed by atoms with Gasteiger partial charge < -0.3 is 5.32 Å². The fourth-order valence-corrected chi connectivity index (χ4v) is 3.05. The van der Waals surface area contributed by atoms with Crippen LogP contribution in [0.3, 0.4) is 0 Å². The van der Waals surface area contributed by atoms with Crippen molar-refractivity contribution in [2.45, 2.75) is 13.0 Å². The van der Waals surface area contributed by atoms with Gasteiger partial charge in [0.25, 0.3) is 0 Å². The van der Waals surface area contributed by atoms with E-state index in [1.54, 1.807) is 11.3 Å². The van der Waals surface area contributed by atoms with E-state index in [1.807, 2.05) is 6.07 Å². The lowest BCUT2D eigenvalue weighted by Gasteiger charge is -2.18. The van der Waals surface area contributed by atoms with E-state index in [-0.39, 0.29) is 11.9 Å². The highest BCUT2D eigenvalue weighted by Gasteiger charge is 2.16. The van der Waals surface area contributed by atoms with E-state index in [2.05, 4.69) is 45.0 Å². The highest BCUT2D eigenvalue weighted by Crippen LogP contribution is 2.30. The Hall–Kier alpha value is -0.710. The monoisotopic (exact) mass is 313 g/mol. The minimum absolute atomic E-state index is 0.112. The smallest absolute Gasteiger partial charge is 0.124 e. The van der Waals surface area contributed by atoms with Crippen LogP contribution in [0.15, 0.2) is 39.5 Å². The summed E-state index contributed by atoms with van der Waals surface area (Å²) in [5.41, 5.74) is 2.27. The summed E-state index contributed by atoms with van der Waals surface area (Å²) in [6.07, 6.45) is 0. The van der Waals surface area contributed by atoms with Gasteiger partial charge in [0.2, 0.25) is 0 Å². The van der Waals surface area contributed by atoms with Crippen LogP contribution in [-0.4, -0.2) is 6.54 Å². The van der Waals surface area contributed by atoms with Gasteiger partial charge >= 0.3 is 0 Å². The molecule has 0 radical (unpaired) electrons. The Labute approximate surface area is 113 Å². The van der Waals surface area contributed by atoms with Crippen LogP contribution in [0.5, 0.6) is 0 Å². The first-order valence-electron chi connectivity index (χ1n) is 5.42. The zero-order valence-electron chi connectivity index (χ0n) is 9.41. The maximum atomic E-state index is 13.1. The summed E-state index contributed by atoms with van der Waals surface area (Å²) in [5.74, 6) is -0.221. The van der Waals surface area contributed by atoms with Gasteiger partial charge in [0.15, 0.2) is 0 Å². The molecule has 0 aliphatic heterocycles. The predicted molar refractivity (Wildman–Crippen MR) is 73.9 cm³/mol. The molecule has 4 heteroatoms.